The van der Waals surface area contributed by atoms with Gasteiger partial charge in [0, 0.05) is 12.2 Å². The highest BCUT2D eigenvalue weighted by Gasteiger charge is 1.98. The maximum atomic E-state index is 4.01. The summed E-state index contributed by atoms with van der Waals surface area (Å²) >= 11 is 0. The molecule has 0 saturated heterocycles. The van der Waals surface area contributed by atoms with Gasteiger partial charge >= 0.3 is 0 Å². The van der Waals surface area contributed by atoms with Crippen LogP contribution < -0.4 is 5.32 Å². The van der Waals surface area contributed by atoms with Crippen LogP contribution in [0.4, 0.5) is 5.69 Å². The molecule has 1 rings (SSSR count). The van der Waals surface area contributed by atoms with Gasteiger partial charge in [-0.2, -0.15) is 0 Å². The molecule has 1 N–H and O–H groups in total. The van der Waals surface area contributed by atoms with Crippen LogP contribution in [0.5, 0.6) is 0 Å². The van der Waals surface area contributed by atoms with E-state index in [9.17, 15) is 0 Å². The summed E-state index contributed by atoms with van der Waals surface area (Å²) in [6.07, 6.45) is 0. The monoisotopic (exact) mass is 175 g/mol. The van der Waals surface area contributed by atoms with Gasteiger partial charge in [0.1, 0.15) is 0 Å². The van der Waals surface area contributed by atoms with Gasteiger partial charge in [-0.15, -0.1) is 0 Å². The van der Waals surface area contributed by atoms with Crippen molar-refractivity contribution in [1.29, 1.82) is 0 Å². The summed E-state index contributed by atoms with van der Waals surface area (Å²) in [6, 6.07) is 10.2. The van der Waals surface area contributed by atoms with Gasteiger partial charge in [-0.3, -0.25) is 0 Å². The zero-order valence-corrected chi connectivity index (χ0v) is 8.38. The van der Waals surface area contributed by atoms with Gasteiger partial charge in [0.05, 0.1) is 0 Å². The smallest absolute Gasteiger partial charge is 0.0360 e. The number of rotatable bonds is 4. The zero-order valence-electron chi connectivity index (χ0n) is 8.38. The molecule has 1 aromatic carbocycles. The molecule has 0 radical (unpaired) electrons. The molecule has 0 atom stereocenters. The third kappa shape index (κ3) is 3.32. The number of anilines is 1. The molecule has 1 aromatic rings. The molecule has 70 valence electrons. The van der Waals surface area contributed by atoms with Gasteiger partial charge in [-0.25, -0.2) is 0 Å². The lowest BCUT2D eigenvalue weighted by molar-refractivity contribution is 0.759. The van der Waals surface area contributed by atoms with E-state index in [4.69, 9.17) is 0 Å². The Balaban J connectivity index is 2.40. The average molecular weight is 175 g/mol. The molecule has 0 saturated carbocycles. The van der Waals surface area contributed by atoms with Crippen LogP contribution in [0.2, 0.25) is 0 Å². The van der Waals surface area contributed by atoms with Crippen LogP contribution in [-0.2, 0) is 0 Å². The van der Waals surface area contributed by atoms with E-state index >= 15 is 0 Å². The Morgan fingerprint density at radius 2 is 1.92 bits per heavy atom. The van der Waals surface area contributed by atoms with E-state index in [2.05, 4.69) is 37.9 Å². The number of para-hydroxylation sites is 1. The highest BCUT2D eigenvalue weighted by molar-refractivity contribution is 5.43. The number of benzene rings is 1. The van der Waals surface area contributed by atoms with Crippen LogP contribution in [0.3, 0.4) is 0 Å². The van der Waals surface area contributed by atoms with Crippen molar-refractivity contribution >= 4 is 5.69 Å². The van der Waals surface area contributed by atoms with Crippen LogP contribution in [0, 0.1) is 5.92 Å². The van der Waals surface area contributed by atoms with E-state index in [1.54, 1.807) is 0 Å². The number of nitrogens with one attached hydrogen (secondary N) is 1. The summed E-state index contributed by atoms with van der Waals surface area (Å²) in [6.45, 7) is 9.19. The lowest BCUT2D eigenvalue weighted by Crippen LogP contribution is -2.07. The van der Waals surface area contributed by atoms with Crippen molar-refractivity contribution in [2.75, 3.05) is 11.9 Å². The second-order valence-electron chi connectivity index (χ2n) is 3.53. The van der Waals surface area contributed by atoms with Gasteiger partial charge in [0.2, 0.25) is 0 Å². The van der Waals surface area contributed by atoms with E-state index in [0.717, 1.165) is 12.2 Å². The topological polar surface area (TPSA) is 12.0 Å². The molecule has 0 aromatic heterocycles. The molecule has 0 fully saturated rings. The Morgan fingerprint density at radius 1 is 1.31 bits per heavy atom. The molecule has 0 aliphatic heterocycles. The third-order valence-electron chi connectivity index (χ3n) is 2.11. The van der Waals surface area contributed by atoms with E-state index < -0.39 is 0 Å². The van der Waals surface area contributed by atoms with Gasteiger partial charge < -0.3 is 5.32 Å². The largest absolute Gasteiger partial charge is 0.381 e. The Bertz CT molecular complexity index is 262. The van der Waals surface area contributed by atoms with Gasteiger partial charge in [-0.1, -0.05) is 44.2 Å². The molecule has 0 heterocycles. The van der Waals surface area contributed by atoms with Crippen molar-refractivity contribution in [2.45, 2.75) is 13.8 Å². The average Bonchev–Trinajstić information content (AvgIpc) is 2.15. The minimum Gasteiger partial charge on any atom is -0.381 e. The summed E-state index contributed by atoms with van der Waals surface area (Å²) in [4.78, 5) is 0. The molecule has 13 heavy (non-hydrogen) atoms. The van der Waals surface area contributed by atoms with Crippen LogP contribution in [-0.4, -0.2) is 6.54 Å². The number of hydrogen-bond donors (Lipinski definition) is 1. The summed E-state index contributed by atoms with van der Waals surface area (Å²) in [5.74, 6) is 0.552. The summed E-state index contributed by atoms with van der Waals surface area (Å²) < 4.78 is 0. The van der Waals surface area contributed by atoms with E-state index in [1.807, 2.05) is 18.2 Å². The molecule has 0 bridgehead atoms. The predicted octanol–water partition coefficient (Wildman–Crippen LogP) is 3.31. The van der Waals surface area contributed by atoms with E-state index in [0.29, 0.717) is 5.92 Å². The van der Waals surface area contributed by atoms with Gasteiger partial charge in [0.25, 0.3) is 0 Å². The van der Waals surface area contributed by atoms with Crippen molar-refractivity contribution < 1.29 is 0 Å². The molecule has 0 amide bonds. The van der Waals surface area contributed by atoms with Crippen LogP contribution in [0.15, 0.2) is 42.5 Å². The first-order chi connectivity index (χ1) is 6.20. The minimum absolute atomic E-state index is 0.552. The highest BCUT2D eigenvalue weighted by Crippen LogP contribution is 2.09. The first-order valence-electron chi connectivity index (χ1n) is 4.66. The van der Waals surface area contributed by atoms with E-state index in [1.165, 1.54) is 5.57 Å². The van der Waals surface area contributed by atoms with Crippen molar-refractivity contribution in [3.8, 4) is 0 Å². The lowest BCUT2D eigenvalue weighted by Gasteiger charge is -2.11. The van der Waals surface area contributed by atoms with Crippen LogP contribution in [0.25, 0.3) is 0 Å². The fourth-order valence-corrected chi connectivity index (χ4v) is 0.976. The van der Waals surface area contributed by atoms with Crippen molar-refractivity contribution in [3.05, 3.63) is 42.5 Å². The molecule has 0 spiro atoms. The molecule has 0 aliphatic carbocycles. The van der Waals surface area contributed by atoms with E-state index in [-0.39, 0.29) is 0 Å². The summed E-state index contributed by atoms with van der Waals surface area (Å²) in [5, 5.41) is 3.33. The summed E-state index contributed by atoms with van der Waals surface area (Å²) in [5.41, 5.74) is 2.40. The van der Waals surface area contributed by atoms with Crippen molar-refractivity contribution in [2.24, 2.45) is 5.92 Å². The molecule has 0 unspecified atom stereocenters. The Kier molecular flexibility index (Phi) is 3.56. The predicted molar refractivity (Wildman–Crippen MR) is 58.9 cm³/mol. The second-order valence-corrected chi connectivity index (χ2v) is 3.53. The molecule has 0 aliphatic rings. The Morgan fingerprint density at radius 3 is 2.46 bits per heavy atom. The van der Waals surface area contributed by atoms with Gasteiger partial charge in [0.15, 0.2) is 0 Å². The molecular formula is C12H17N. The fourth-order valence-electron chi connectivity index (χ4n) is 0.976. The van der Waals surface area contributed by atoms with Gasteiger partial charge in [-0.05, 0) is 18.1 Å². The second kappa shape index (κ2) is 4.70. The quantitative estimate of drug-likeness (QED) is 0.692. The molecular weight excluding hydrogens is 158 g/mol. The highest BCUT2D eigenvalue weighted by atomic mass is 14.9. The zero-order chi connectivity index (χ0) is 9.68. The maximum Gasteiger partial charge on any atom is 0.0360 e. The molecule has 1 heteroatoms. The maximum absolute atomic E-state index is 4.01. The van der Waals surface area contributed by atoms with Crippen molar-refractivity contribution in [3.63, 3.8) is 0 Å². The van der Waals surface area contributed by atoms with Crippen LogP contribution in [0.1, 0.15) is 13.8 Å². The normalized spacial score (nSPS) is 10.1. The fraction of sp³-hybridized carbons (Fsp3) is 0.333. The Hall–Kier alpha value is -1.24. The first kappa shape index (κ1) is 9.85. The first-order valence-corrected chi connectivity index (χ1v) is 4.66. The Labute approximate surface area is 80.5 Å². The SMILES string of the molecule is C=C(CNc1ccccc1)C(C)C. The standard InChI is InChI=1S/C12H17N/c1-10(2)11(3)9-13-12-7-5-4-6-8-12/h4-8,10,13H,3,9H2,1-2H3. The van der Waals surface area contributed by atoms with Crippen molar-refractivity contribution in [1.82, 2.24) is 0 Å². The summed E-state index contributed by atoms with van der Waals surface area (Å²) in [7, 11) is 0. The lowest BCUT2D eigenvalue weighted by atomic mass is 10.1. The molecule has 1 nitrogen and oxygen atoms in total. The third-order valence-corrected chi connectivity index (χ3v) is 2.11. The van der Waals surface area contributed by atoms with Crippen LogP contribution >= 0.6 is 0 Å². The number of hydrogen-bond acceptors (Lipinski definition) is 1. The minimum atomic E-state index is 0.552.